The van der Waals surface area contributed by atoms with Gasteiger partial charge >= 0.3 is 0 Å². The second-order valence-electron chi connectivity index (χ2n) is 3.56. The Morgan fingerprint density at radius 2 is 2.26 bits per heavy atom. The van der Waals surface area contributed by atoms with E-state index in [-0.39, 0.29) is 11.7 Å². The Kier molecular flexibility index (Phi) is 4.28. The van der Waals surface area contributed by atoms with Crippen LogP contribution in [0.4, 0.5) is 16.6 Å². The number of thiazole rings is 1. The Hall–Kier alpha value is -1.31. The Balaban J connectivity index is 2.25. The van der Waals surface area contributed by atoms with Gasteiger partial charge in [-0.15, -0.1) is 0 Å². The maximum atomic E-state index is 12.1. The lowest BCUT2D eigenvalue weighted by Gasteiger charge is -2.06. The zero-order valence-electron chi connectivity index (χ0n) is 9.83. The van der Waals surface area contributed by atoms with E-state index in [1.54, 1.807) is 25.2 Å². The van der Waals surface area contributed by atoms with Crippen molar-refractivity contribution >= 4 is 61.4 Å². The Labute approximate surface area is 127 Å². The number of amides is 1. The fourth-order valence-electron chi connectivity index (χ4n) is 1.37. The summed E-state index contributed by atoms with van der Waals surface area (Å²) in [5, 5.41) is 6.59. The lowest BCUT2D eigenvalue weighted by Crippen LogP contribution is -2.12. The number of hydrogen-bond donors (Lipinski definition) is 3. The van der Waals surface area contributed by atoms with Gasteiger partial charge in [-0.25, -0.2) is 4.98 Å². The van der Waals surface area contributed by atoms with E-state index in [4.69, 9.17) is 17.3 Å². The molecule has 4 N–H and O–H groups in total. The molecule has 0 spiro atoms. The van der Waals surface area contributed by atoms with Gasteiger partial charge in [-0.3, -0.25) is 4.79 Å². The molecule has 0 bridgehead atoms. The molecule has 0 saturated heterocycles. The number of rotatable bonds is 3. The molecule has 2 aromatic rings. The first-order valence-corrected chi connectivity index (χ1v) is 7.20. The van der Waals surface area contributed by atoms with Gasteiger partial charge in [-0.1, -0.05) is 38.9 Å². The SMILES string of the molecule is CNc1nc(N)c(C(=O)Nc2cc(Br)ccc2Cl)s1. The van der Waals surface area contributed by atoms with Crippen LogP contribution in [0.5, 0.6) is 0 Å². The van der Waals surface area contributed by atoms with Crippen molar-refractivity contribution in [1.29, 1.82) is 0 Å². The third kappa shape index (κ3) is 3.17. The summed E-state index contributed by atoms with van der Waals surface area (Å²) in [5.41, 5.74) is 6.21. The molecule has 0 unspecified atom stereocenters. The fraction of sp³-hybridized carbons (Fsp3) is 0.0909. The molecule has 0 aliphatic heterocycles. The van der Waals surface area contributed by atoms with Crippen LogP contribution in [0.25, 0.3) is 0 Å². The zero-order chi connectivity index (χ0) is 14.0. The number of nitrogens with zero attached hydrogens (tertiary/aromatic N) is 1. The Morgan fingerprint density at radius 3 is 2.89 bits per heavy atom. The number of halogens is 2. The molecule has 1 aromatic carbocycles. The van der Waals surface area contributed by atoms with Gasteiger partial charge in [0, 0.05) is 11.5 Å². The monoisotopic (exact) mass is 360 g/mol. The predicted molar refractivity (Wildman–Crippen MR) is 83.2 cm³/mol. The number of carbonyl (C=O) groups is 1. The summed E-state index contributed by atoms with van der Waals surface area (Å²) < 4.78 is 0.820. The molecule has 0 radical (unpaired) electrons. The number of nitrogens with one attached hydrogen (secondary N) is 2. The molecule has 1 heterocycles. The summed E-state index contributed by atoms with van der Waals surface area (Å²) in [6.45, 7) is 0. The van der Waals surface area contributed by atoms with Crippen molar-refractivity contribution in [2.75, 3.05) is 23.4 Å². The largest absolute Gasteiger partial charge is 0.382 e. The van der Waals surface area contributed by atoms with Crippen molar-refractivity contribution in [3.8, 4) is 0 Å². The quantitative estimate of drug-likeness (QED) is 0.782. The maximum absolute atomic E-state index is 12.1. The zero-order valence-corrected chi connectivity index (χ0v) is 13.0. The van der Waals surface area contributed by atoms with Crippen LogP contribution in [-0.2, 0) is 0 Å². The number of nitrogen functional groups attached to an aromatic ring is 1. The van der Waals surface area contributed by atoms with Crippen LogP contribution in [-0.4, -0.2) is 17.9 Å². The molecule has 100 valence electrons. The van der Waals surface area contributed by atoms with Crippen molar-refractivity contribution in [3.05, 3.63) is 32.6 Å². The van der Waals surface area contributed by atoms with Crippen LogP contribution in [0.2, 0.25) is 5.02 Å². The molecular weight excluding hydrogens is 352 g/mol. The molecule has 1 amide bonds. The third-order valence-corrected chi connectivity index (χ3v) is 4.16. The first kappa shape index (κ1) is 14.1. The van der Waals surface area contributed by atoms with Crippen molar-refractivity contribution < 1.29 is 4.79 Å². The highest BCUT2D eigenvalue weighted by molar-refractivity contribution is 9.10. The second-order valence-corrected chi connectivity index (χ2v) is 5.88. The van der Waals surface area contributed by atoms with Crippen LogP contribution in [0.3, 0.4) is 0 Å². The standard InChI is InChI=1S/C11H10BrClN4OS/c1-15-11-17-9(14)8(19-11)10(18)16-7-4-5(12)2-3-6(7)13/h2-4H,14H2,1H3,(H,15,17)(H,16,18). The third-order valence-electron chi connectivity index (χ3n) is 2.25. The highest BCUT2D eigenvalue weighted by Crippen LogP contribution is 2.29. The van der Waals surface area contributed by atoms with Gasteiger partial charge < -0.3 is 16.4 Å². The van der Waals surface area contributed by atoms with Gasteiger partial charge in [0.05, 0.1) is 10.7 Å². The first-order valence-electron chi connectivity index (χ1n) is 5.21. The summed E-state index contributed by atoms with van der Waals surface area (Å²) in [6, 6.07) is 5.20. The molecule has 0 aliphatic rings. The predicted octanol–water partition coefficient (Wildman–Crippen LogP) is 3.44. The van der Waals surface area contributed by atoms with Gasteiger partial charge in [0.1, 0.15) is 10.7 Å². The molecule has 0 aliphatic carbocycles. The Morgan fingerprint density at radius 1 is 1.53 bits per heavy atom. The van der Waals surface area contributed by atoms with Crippen LogP contribution >= 0.6 is 38.9 Å². The maximum Gasteiger partial charge on any atom is 0.269 e. The second kappa shape index (κ2) is 5.77. The van der Waals surface area contributed by atoms with Crippen LogP contribution < -0.4 is 16.4 Å². The normalized spacial score (nSPS) is 10.3. The van der Waals surface area contributed by atoms with Gasteiger partial charge in [-0.2, -0.15) is 0 Å². The van der Waals surface area contributed by atoms with E-state index in [2.05, 4.69) is 31.5 Å². The first-order chi connectivity index (χ1) is 9.01. The molecular formula is C11H10BrClN4OS. The van der Waals surface area contributed by atoms with E-state index < -0.39 is 0 Å². The van der Waals surface area contributed by atoms with Crippen molar-refractivity contribution in [2.24, 2.45) is 0 Å². The van der Waals surface area contributed by atoms with E-state index in [1.165, 1.54) is 11.3 Å². The topological polar surface area (TPSA) is 80.0 Å². The fourth-order valence-corrected chi connectivity index (χ4v) is 2.63. The van der Waals surface area contributed by atoms with Gasteiger partial charge in [-0.05, 0) is 18.2 Å². The van der Waals surface area contributed by atoms with E-state index in [1.807, 2.05) is 0 Å². The number of carbonyl (C=O) groups excluding carboxylic acids is 1. The van der Waals surface area contributed by atoms with E-state index >= 15 is 0 Å². The highest BCUT2D eigenvalue weighted by atomic mass is 79.9. The molecule has 8 heteroatoms. The Bertz CT molecular complexity index is 631. The molecule has 0 fully saturated rings. The van der Waals surface area contributed by atoms with Gasteiger partial charge in [0.15, 0.2) is 5.13 Å². The lowest BCUT2D eigenvalue weighted by atomic mass is 10.3. The number of aromatic nitrogens is 1. The number of nitrogens with two attached hydrogens (primary N) is 1. The van der Waals surface area contributed by atoms with E-state index in [9.17, 15) is 4.79 Å². The molecule has 19 heavy (non-hydrogen) atoms. The summed E-state index contributed by atoms with van der Waals surface area (Å²) >= 11 is 10.5. The van der Waals surface area contributed by atoms with Crippen molar-refractivity contribution in [1.82, 2.24) is 4.98 Å². The minimum Gasteiger partial charge on any atom is -0.382 e. The molecule has 1 aromatic heterocycles. The van der Waals surface area contributed by atoms with Crippen molar-refractivity contribution in [2.45, 2.75) is 0 Å². The van der Waals surface area contributed by atoms with Crippen LogP contribution in [0.15, 0.2) is 22.7 Å². The number of benzene rings is 1. The van der Waals surface area contributed by atoms with Crippen LogP contribution in [0.1, 0.15) is 9.67 Å². The average Bonchev–Trinajstić information content (AvgIpc) is 2.75. The smallest absolute Gasteiger partial charge is 0.269 e. The van der Waals surface area contributed by atoms with Gasteiger partial charge in [0.2, 0.25) is 0 Å². The molecule has 0 atom stereocenters. The molecule has 2 rings (SSSR count). The summed E-state index contributed by atoms with van der Waals surface area (Å²) in [6.07, 6.45) is 0. The summed E-state index contributed by atoms with van der Waals surface area (Å²) in [7, 11) is 1.71. The minimum absolute atomic E-state index is 0.193. The number of hydrogen-bond acceptors (Lipinski definition) is 5. The summed E-state index contributed by atoms with van der Waals surface area (Å²) in [5.74, 6) is -0.144. The van der Waals surface area contributed by atoms with E-state index in [0.29, 0.717) is 20.7 Å². The molecule has 0 saturated carbocycles. The lowest BCUT2D eigenvalue weighted by molar-refractivity contribution is 0.103. The van der Waals surface area contributed by atoms with E-state index in [0.717, 1.165) is 4.47 Å². The number of anilines is 3. The summed E-state index contributed by atoms with van der Waals surface area (Å²) in [4.78, 5) is 16.5. The van der Waals surface area contributed by atoms with Crippen LogP contribution in [0, 0.1) is 0 Å². The average molecular weight is 362 g/mol. The van der Waals surface area contributed by atoms with Gasteiger partial charge in [0.25, 0.3) is 5.91 Å². The minimum atomic E-state index is -0.337. The molecule has 5 nitrogen and oxygen atoms in total. The van der Waals surface area contributed by atoms with Crippen molar-refractivity contribution in [3.63, 3.8) is 0 Å². The highest BCUT2D eigenvalue weighted by Gasteiger charge is 2.16.